The van der Waals surface area contributed by atoms with Gasteiger partial charge >= 0.3 is 12.0 Å². The number of imide groups is 1. The number of nitrogens with zero attached hydrogens (tertiary/aromatic N) is 2. The standard InChI is InChI=1S/C23H21N3O5/c1-2-23(17-11-7-4-8-12-17)21(28)26(22(29)24-23)14-20(27)30-15-18-13-19(31-25-18)16-9-5-3-6-10-16/h3-13H,2,14-15H2,1H3,(H,24,29). The Morgan fingerprint density at radius 3 is 2.45 bits per heavy atom. The third-order valence-corrected chi connectivity index (χ3v) is 5.26. The van der Waals surface area contributed by atoms with Crippen molar-refractivity contribution in [3.63, 3.8) is 0 Å². The first-order chi connectivity index (χ1) is 15.0. The van der Waals surface area contributed by atoms with Gasteiger partial charge in [0.1, 0.15) is 24.4 Å². The molecular formula is C23H21N3O5. The van der Waals surface area contributed by atoms with Gasteiger partial charge in [-0.05, 0) is 12.0 Å². The number of hydrogen-bond acceptors (Lipinski definition) is 6. The normalized spacial score (nSPS) is 18.2. The van der Waals surface area contributed by atoms with Crippen molar-refractivity contribution >= 4 is 17.9 Å². The molecule has 1 aromatic heterocycles. The van der Waals surface area contributed by atoms with Crippen molar-refractivity contribution in [3.05, 3.63) is 78.0 Å². The molecule has 3 aromatic rings. The molecule has 1 N–H and O–H groups in total. The zero-order valence-corrected chi connectivity index (χ0v) is 16.9. The van der Waals surface area contributed by atoms with Crippen LogP contribution in [0, 0.1) is 0 Å². The zero-order valence-electron chi connectivity index (χ0n) is 16.9. The maximum atomic E-state index is 13.0. The first-order valence-corrected chi connectivity index (χ1v) is 9.90. The number of carbonyl (C=O) groups excluding carboxylic acids is 3. The number of carbonyl (C=O) groups is 3. The lowest BCUT2D eigenvalue weighted by molar-refractivity contribution is -0.149. The predicted octanol–water partition coefficient (Wildman–Crippen LogP) is 3.24. The van der Waals surface area contributed by atoms with Crippen molar-refractivity contribution in [2.45, 2.75) is 25.5 Å². The van der Waals surface area contributed by atoms with Crippen LogP contribution in [-0.4, -0.2) is 34.5 Å². The Labute approximate surface area is 178 Å². The average molecular weight is 419 g/mol. The quantitative estimate of drug-likeness (QED) is 0.466. The zero-order chi connectivity index (χ0) is 21.8. The molecule has 2 aromatic carbocycles. The van der Waals surface area contributed by atoms with Crippen molar-refractivity contribution < 1.29 is 23.6 Å². The molecule has 1 unspecified atom stereocenters. The maximum Gasteiger partial charge on any atom is 0.326 e. The molecule has 8 nitrogen and oxygen atoms in total. The summed E-state index contributed by atoms with van der Waals surface area (Å²) in [6.07, 6.45) is 0.355. The van der Waals surface area contributed by atoms with E-state index >= 15 is 0 Å². The first kappa shape index (κ1) is 20.3. The Morgan fingerprint density at radius 2 is 1.77 bits per heavy atom. The van der Waals surface area contributed by atoms with Gasteiger partial charge < -0.3 is 14.6 Å². The Balaban J connectivity index is 1.39. The number of aromatic nitrogens is 1. The number of benzene rings is 2. The first-order valence-electron chi connectivity index (χ1n) is 9.90. The fourth-order valence-corrected chi connectivity index (χ4v) is 3.58. The monoisotopic (exact) mass is 419 g/mol. The largest absolute Gasteiger partial charge is 0.458 e. The molecule has 0 spiro atoms. The van der Waals surface area contributed by atoms with Gasteiger partial charge in [0, 0.05) is 11.6 Å². The summed E-state index contributed by atoms with van der Waals surface area (Å²) in [5.41, 5.74) is 0.762. The minimum atomic E-state index is -1.19. The van der Waals surface area contributed by atoms with Crippen LogP contribution in [0.25, 0.3) is 11.3 Å². The van der Waals surface area contributed by atoms with Crippen molar-refractivity contribution in [2.75, 3.05) is 6.54 Å². The summed E-state index contributed by atoms with van der Waals surface area (Å²) in [5, 5.41) is 6.63. The fourth-order valence-electron chi connectivity index (χ4n) is 3.58. The van der Waals surface area contributed by atoms with Crippen LogP contribution < -0.4 is 5.32 Å². The van der Waals surface area contributed by atoms with Gasteiger partial charge in [0.2, 0.25) is 0 Å². The molecular weight excluding hydrogens is 398 g/mol. The molecule has 0 radical (unpaired) electrons. The number of urea groups is 1. The third-order valence-electron chi connectivity index (χ3n) is 5.26. The summed E-state index contributed by atoms with van der Waals surface area (Å²) in [4.78, 5) is 38.7. The number of hydrogen-bond donors (Lipinski definition) is 1. The second kappa shape index (κ2) is 8.43. The van der Waals surface area contributed by atoms with Gasteiger partial charge in [-0.1, -0.05) is 72.7 Å². The molecule has 0 bridgehead atoms. The van der Waals surface area contributed by atoms with Gasteiger partial charge in [-0.15, -0.1) is 0 Å². The molecule has 0 aliphatic carbocycles. The summed E-state index contributed by atoms with van der Waals surface area (Å²) in [6.45, 7) is 1.20. The van der Waals surface area contributed by atoms with E-state index in [1.54, 1.807) is 30.3 Å². The Kier molecular flexibility index (Phi) is 5.53. The second-order valence-corrected chi connectivity index (χ2v) is 7.16. The summed E-state index contributed by atoms with van der Waals surface area (Å²) < 4.78 is 10.5. The van der Waals surface area contributed by atoms with Crippen LogP contribution >= 0.6 is 0 Å². The Morgan fingerprint density at radius 1 is 1.10 bits per heavy atom. The predicted molar refractivity (Wildman–Crippen MR) is 110 cm³/mol. The lowest BCUT2D eigenvalue weighted by atomic mass is 9.87. The summed E-state index contributed by atoms with van der Waals surface area (Å²) in [5.74, 6) is -0.639. The molecule has 4 rings (SSSR count). The molecule has 8 heteroatoms. The van der Waals surface area contributed by atoms with Crippen molar-refractivity contribution in [1.82, 2.24) is 15.4 Å². The van der Waals surface area contributed by atoms with E-state index in [0.29, 0.717) is 23.4 Å². The van der Waals surface area contributed by atoms with Crippen molar-refractivity contribution in [2.24, 2.45) is 0 Å². The Hall–Kier alpha value is -3.94. The van der Waals surface area contributed by atoms with Gasteiger partial charge in [-0.2, -0.15) is 0 Å². The highest BCUT2D eigenvalue weighted by molar-refractivity contribution is 6.09. The number of amides is 3. The van der Waals surface area contributed by atoms with E-state index in [9.17, 15) is 14.4 Å². The highest BCUT2D eigenvalue weighted by atomic mass is 16.5. The number of esters is 1. The molecule has 158 valence electrons. The molecule has 1 aliphatic rings. The number of rotatable bonds is 7. The van der Waals surface area contributed by atoms with E-state index < -0.39 is 30.0 Å². The fraction of sp³-hybridized carbons (Fsp3) is 0.217. The van der Waals surface area contributed by atoms with E-state index in [4.69, 9.17) is 9.26 Å². The number of nitrogens with one attached hydrogen (secondary N) is 1. The van der Waals surface area contributed by atoms with Crippen LogP contribution in [0.4, 0.5) is 4.79 Å². The molecule has 1 fully saturated rings. The van der Waals surface area contributed by atoms with Crippen LogP contribution in [0.1, 0.15) is 24.6 Å². The van der Waals surface area contributed by atoms with Crippen LogP contribution in [0.2, 0.25) is 0 Å². The van der Waals surface area contributed by atoms with Crippen molar-refractivity contribution in [1.29, 1.82) is 0 Å². The van der Waals surface area contributed by atoms with Gasteiger partial charge in [0.05, 0.1) is 0 Å². The molecule has 1 atom stereocenters. The van der Waals surface area contributed by atoms with Gasteiger partial charge in [0.15, 0.2) is 5.76 Å². The summed E-state index contributed by atoms with van der Waals surface area (Å²) in [6, 6.07) is 19.4. The molecule has 3 amide bonds. The van der Waals surface area contributed by atoms with Gasteiger partial charge in [-0.25, -0.2) is 4.79 Å². The lowest BCUT2D eigenvalue weighted by Gasteiger charge is -2.25. The van der Waals surface area contributed by atoms with E-state index in [1.807, 2.05) is 43.3 Å². The topological polar surface area (TPSA) is 102 Å². The van der Waals surface area contributed by atoms with Crippen LogP contribution in [0.5, 0.6) is 0 Å². The molecule has 2 heterocycles. The minimum absolute atomic E-state index is 0.129. The maximum absolute atomic E-state index is 13.0. The van der Waals surface area contributed by atoms with E-state index in [2.05, 4.69) is 10.5 Å². The summed E-state index contributed by atoms with van der Waals surface area (Å²) in [7, 11) is 0. The highest BCUT2D eigenvalue weighted by Crippen LogP contribution is 2.32. The molecule has 1 aliphatic heterocycles. The molecule has 31 heavy (non-hydrogen) atoms. The number of ether oxygens (including phenoxy) is 1. The molecule has 0 saturated carbocycles. The third kappa shape index (κ3) is 3.92. The van der Waals surface area contributed by atoms with E-state index in [0.717, 1.165) is 10.5 Å². The van der Waals surface area contributed by atoms with Crippen LogP contribution in [-0.2, 0) is 26.5 Å². The second-order valence-electron chi connectivity index (χ2n) is 7.16. The smallest absolute Gasteiger partial charge is 0.326 e. The minimum Gasteiger partial charge on any atom is -0.458 e. The van der Waals surface area contributed by atoms with Gasteiger partial charge in [0.25, 0.3) is 5.91 Å². The van der Waals surface area contributed by atoms with Crippen LogP contribution in [0.15, 0.2) is 71.3 Å². The lowest BCUT2D eigenvalue weighted by Crippen LogP contribution is -2.43. The Bertz CT molecular complexity index is 1100. The SMILES string of the molecule is CCC1(c2ccccc2)NC(=O)N(CC(=O)OCc2cc(-c3ccccc3)on2)C1=O. The van der Waals surface area contributed by atoms with Crippen molar-refractivity contribution in [3.8, 4) is 11.3 Å². The van der Waals surface area contributed by atoms with E-state index in [1.165, 1.54) is 0 Å². The highest BCUT2D eigenvalue weighted by Gasteiger charge is 2.51. The summed E-state index contributed by atoms with van der Waals surface area (Å²) >= 11 is 0. The molecule has 1 saturated heterocycles. The van der Waals surface area contributed by atoms with E-state index in [-0.39, 0.29) is 6.61 Å². The van der Waals surface area contributed by atoms with Crippen LogP contribution in [0.3, 0.4) is 0 Å². The average Bonchev–Trinajstić information content (AvgIpc) is 3.38. The van der Waals surface area contributed by atoms with Gasteiger partial charge in [-0.3, -0.25) is 14.5 Å².